The summed E-state index contributed by atoms with van der Waals surface area (Å²) in [6, 6.07) is 13.9. The maximum atomic E-state index is 12.9. The lowest BCUT2D eigenvalue weighted by Gasteiger charge is -2.27. The number of hydrogen-bond acceptors (Lipinski definition) is 6. The van der Waals surface area contributed by atoms with Crippen molar-refractivity contribution in [2.24, 2.45) is 0 Å². The summed E-state index contributed by atoms with van der Waals surface area (Å²) in [5.74, 6) is -0.526. The van der Waals surface area contributed by atoms with Crippen LogP contribution in [0.3, 0.4) is 0 Å². The Bertz CT molecular complexity index is 1050. The molecule has 3 amide bonds. The summed E-state index contributed by atoms with van der Waals surface area (Å²) in [6.07, 6.45) is 1.44. The summed E-state index contributed by atoms with van der Waals surface area (Å²) in [5.41, 5.74) is 3.51. The number of morpholine rings is 1. The van der Waals surface area contributed by atoms with E-state index in [1.54, 1.807) is 47.4 Å². The van der Waals surface area contributed by atoms with Crippen molar-refractivity contribution in [3.8, 4) is 11.5 Å². The van der Waals surface area contributed by atoms with Crippen molar-refractivity contribution in [1.29, 1.82) is 0 Å². The van der Waals surface area contributed by atoms with Gasteiger partial charge in [-0.1, -0.05) is 30.3 Å². The Kier molecular flexibility index (Phi) is 6.37. The van der Waals surface area contributed by atoms with Gasteiger partial charge in [-0.25, -0.2) is 5.01 Å². The van der Waals surface area contributed by atoms with E-state index in [9.17, 15) is 14.4 Å². The predicted molar refractivity (Wildman–Crippen MR) is 116 cm³/mol. The molecule has 2 heterocycles. The zero-order valence-electron chi connectivity index (χ0n) is 17.6. The molecule has 0 unspecified atom stereocenters. The smallest absolute Gasteiger partial charge is 0.282 e. The number of hydrogen-bond donors (Lipinski definition) is 1. The minimum absolute atomic E-state index is 0.0496. The van der Waals surface area contributed by atoms with Gasteiger partial charge in [0.1, 0.15) is 5.57 Å². The van der Waals surface area contributed by atoms with Crippen LogP contribution in [-0.2, 0) is 19.1 Å². The number of para-hydroxylation sites is 2. The third-order valence-electron chi connectivity index (χ3n) is 5.14. The number of benzene rings is 2. The molecule has 0 spiro atoms. The largest absolute Gasteiger partial charge is 0.493 e. The van der Waals surface area contributed by atoms with Crippen LogP contribution in [0.25, 0.3) is 6.08 Å². The number of rotatable bonds is 6. The molecule has 0 bridgehead atoms. The van der Waals surface area contributed by atoms with E-state index in [4.69, 9.17) is 14.2 Å². The average Bonchev–Trinajstić information content (AvgIpc) is 3.12. The number of amides is 3. The highest BCUT2D eigenvalue weighted by molar-refractivity contribution is 6.31. The minimum Gasteiger partial charge on any atom is -0.493 e. The Morgan fingerprint density at radius 1 is 1.09 bits per heavy atom. The number of nitrogens with one attached hydrogen (secondary N) is 1. The molecule has 32 heavy (non-hydrogen) atoms. The summed E-state index contributed by atoms with van der Waals surface area (Å²) < 4.78 is 16.5. The summed E-state index contributed by atoms with van der Waals surface area (Å²) in [4.78, 5) is 39.6. The molecular formula is C23H23N3O6. The van der Waals surface area contributed by atoms with E-state index in [2.05, 4.69) is 5.43 Å². The van der Waals surface area contributed by atoms with Crippen molar-refractivity contribution >= 4 is 29.5 Å². The summed E-state index contributed by atoms with van der Waals surface area (Å²) in [7, 11) is 1.48. The maximum Gasteiger partial charge on any atom is 0.282 e. The first kappa shape index (κ1) is 21.4. The third-order valence-corrected chi connectivity index (χ3v) is 5.14. The topological polar surface area (TPSA) is 97.4 Å². The number of nitrogens with zero attached hydrogens (tertiary/aromatic N) is 2. The molecule has 1 N–H and O–H groups in total. The Hall–Kier alpha value is -3.85. The molecule has 9 nitrogen and oxygen atoms in total. The van der Waals surface area contributed by atoms with Crippen LogP contribution in [0.2, 0.25) is 0 Å². The van der Waals surface area contributed by atoms with Gasteiger partial charge in [-0.15, -0.1) is 0 Å². The molecule has 2 aliphatic rings. The van der Waals surface area contributed by atoms with Crippen LogP contribution in [-0.4, -0.2) is 62.6 Å². The van der Waals surface area contributed by atoms with Gasteiger partial charge in [-0.2, -0.15) is 0 Å². The highest BCUT2D eigenvalue weighted by Crippen LogP contribution is 2.33. The van der Waals surface area contributed by atoms with Gasteiger partial charge in [0.25, 0.3) is 17.7 Å². The zero-order valence-corrected chi connectivity index (χ0v) is 17.6. The second kappa shape index (κ2) is 9.52. The Morgan fingerprint density at radius 3 is 2.56 bits per heavy atom. The number of ether oxygens (including phenoxy) is 3. The molecule has 4 rings (SSSR count). The fourth-order valence-corrected chi connectivity index (χ4v) is 3.47. The van der Waals surface area contributed by atoms with Gasteiger partial charge in [-0.3, -0.25) is 19.8 Å². The first-order valence-corrected chi connectivity index (χ1v) is 10.2. The van der Waals surface area contributed by atoms with Crippen molar-refractivity contribution in [3.05, 3.63) is 59.7 Å². The first-order valence-electron chi connectivity index (χ1n) is 10.2. The number of methoxy groups -OCH3 is 1. The fourth-order valence-electron chi connectivity index (χ4n) is 3.47. The molecule has 2 aromatic carbocycles. The predicted octanol–water partition coefficient (Wildman–Crippen LogP) is 1.39. The molecule has 0 aromatic heterocycles. The second-order valence-electron chi connectivity index (χ2n) is 7.14. The van der Waals surface area contributed by atoms with E-state index in [1.165, 1.54) is 18.2 Å². The van der Waals surface area contributed by atoms with Crippen molar-refractivity contribution < 1.29 is 28.6 Å². The van der Waals surface area contributed by atoms with Crippen molar-refractivity contribution in [3.63, 3.8) is 0 Å². The van der Waals surface area contributed by atoms with Crippen LogP contribution in [0.5, 0.6) is 11.5 Å². The Morgan fingerprint density at radius 2 is 1.84 bits per heavy atom. The fraction of sp³-hybridized carbons (Fsp3) is 0.261. The van der Waals surface area contributed by atoms with Gasteiger partial charge in [0.05, 0.1) is 26.0 Å². The molecule has 2 aromatic rings. The molecule has 2 fully saturated rings. The Balaban J connectivity index is 1.58. The van der Waals surface area contributed by atoms with Gasteiger partial charge in [0, 0.05) is 18.7 Å². The number of carbonyl (C=O) groups is 3. The van der Waals surface area contributed by atoms with Crippen molar-refractivity contribution in [2.45, 2.75) is 0 Å². The van der Waals surface area contributed by atoms with Gasteiger partial charge >= 0.3 is 0 Å². The standard InChI is InChI=1S/C23H23N3O6/c1-30-19-9-5-6-16(21(19)32-15-20(27)25-10-12-31-13-11-25)14-18-22(28)24-26(23(18)29)17-7-3-2-4-8-17/h2-9,14H,10-13,15H2,1H3,(H,24,28). The zero-order chi connectivity index (χ0) is 22.5. The summed E-state index contributed by atoms with van der Waals surface area (Å²) in [5, 5.41) is 1.19. The maximum absolute atomic E-state index is 12.9. The minimum atomic E-state index is -0.531. The normalized spacial score (nSPS) is 17.5. The van der Waals surface area contributed by atoms with Crippen molar-refractivity contribution in [2.75, 3.05) is 45.0 Å². The third kappa shape index (κ3) is 4.42. The molecule has 0 saturated carbocycles. The molecule has 2 saturated heterocycles. The highest BCUT2D eigenvalue weighted by atomic mass is 16.5. The lowest BCUT2D eigenvalue weighted by Crippen LogP contribution is -2.43. The van der Waals surface area contributed by atoms with Crippen LogP contribution in [0.4, 0.5) is 5.69 Å². The average molecular weight is 437 g/mol. The molecule has 0 aliphatic carbocycles. The second-order valence-corrected chi connectivity index (χ2v) is 7.14. The van der Waals surface area contributed by atoms with Gasteiger partial charge in [-0.05, 0) is 24.3 Å². The lowest BCUT2D eigenvalue weighted by molar-refractivity contribution is -0.137. The SMILES string of the molecule is COc1cccc(C=C2C(=O)NN(c3ccccc3)C2=O)c1OCC(=O)N1CCOCC1. The Labute approximate surface area is 185 Å². The number of hydrazine groups is 1. The van der Waals surface area contributed by atoms with E-state index < -0.39 is 11.8 Å². The summed E-state index contributed by atoms with van der Waals surface area (Å²) >= 11 is 0. The summed E-state index contributed by atoms with van der Waals surface area (Å²) in [6.45, 7) is 1.80. The number of carbonyl (C=O) groups excluding carboxylic acids is 3. The van der Waals surface area contributed by atoms with Crippen LogP contribution in [0, 0.1) is 0 Å². The van der Waals surface area contributed by atoms with E-state index in [0.717, 1.165) is 0 Å². The van der Waals surface area contributed by atoms with Crippen molar-refractivity contribution in [1.82, 2.24) is 10.3 Å². The van der Waals surface area contributed by atoms with E-state index in [-0.39, 0.29) is 23.8 Å². The molecule has 9 heteroatoms. The number of anilines is 1. The van der Waals surface area contributed by atoms with Gasteiger partial charge in [0.15, 0.2) is 18.1 Å². The molecule has 166 valence electrons. The molecular weight excluding hydrogens is 414 g/mol. The van der Waals surface area contributed by atoms with Crippen LogP contribution in [0.1, 0.15) is 5.56 Å². The quantitative estimate of drug-likeness (QED) is 0.542. The van der Waals surface area contributed by atoms with Gasteiger partial charge in [0.2, 0.25) is 0 Å². The van der Waals surface area contributed by atoms with E-state index in [0.29, 0.717) is 43.3 Å². The van der Waals surface area contributed by atoms with E-state index >= 15 is 0 Å². The van der Waals surface area contributed by atoms with E-state index in [1.807, 2.05) is 6.07 Å². The van der Waals surface area contributed by atoms with Crippen LogP contribution < -0.4 is 19.9 Å². The molecule has 0 atom stereocenters. The first-order chi connectivity index (χ1) is 15.6. The monoisotopic (exact) mass is 437 g/mol. The van der Waals surface area contributed by atoms with Crippen LogP contribution in [0.15, 0.2) is 54.1 Å². The lowest BCUT2D eigenvalue weighted by atomic mass is 10.1. The molecule has 2 aliphatic heterocycles. The molecule has 0 radical (unpaired) electrons. The van der Waals surface area contributed by atoms with Gasteiger partial charge < -0.3 is 19.1 Å². The van der Waals surface area contributed by atoms with Crippen LogP contribution >= 0.6 is 0 Å². The highest BCUT2D eigenvalue weighted by Gasteiger charge is 2.34.